The summed E-state index contributed by atoms with van der Waals surface area (Å²) in [6.45, 7) is 11.5. The highest BCUT2D eigenvalue weighted by atomic mass is 32.2. The molecule has 3 aromatic rings. The highest BCUT2D eigenvalue weighted by Gasteiger charge is 2.41. The highest BCUT2D eigenvalue weighted by molar-refractivity contribution is 7.90. The van der Waals surface area contributed by atoms with Crippen LogP contribution in [0.25, 0.3) is 0 Å². The molecule has 2 amide bonds. The molecule has 4 bridgehead atoms. The Balaban J connectivity index is 1.66. The van der Waals surface area contributed by atoms with Gasteiger partial charge in [-0.3, -0.25) is 9.59 Å². The third kappa shape index (κ3) is 5.35. The first kappa shape index (κ1) is 27.8. The number of pyridine rings is 1. The number of carbonyl (C=O) groups excluding carboxylic acids is 2. The van der Waals surface area contributed by atoms with Crippen molar-refractivity contribution in [1.29, 1.82) is 0 Å². The summed E-state index contributed by atoms with van der Waals surface area (Å²) >= 11 is 0. The molecule has 2 aliphatic rings. The van der Waals surface area contributed by atoms with Gasteiger partial charge in [-0.15, -0.1) is 0 Å². The molecule has 0 radical (unpaired) electrons. The van der Waals surface area contributed by atoms with Gasteiger partial charge < -0.3 is 9.80 Å². The van der Waals surface area contributed by atoms with E-state index in [9.17, 15) is 18.0 Å². The van der Waals surface area contributed by atoms with E-state index in [1.54, 1.807) is 23.1 Å². The Morgan fingerprint density at radius 2 is 1.70 bits per heavy atom. The minimum atomic E-state index is -4.27. The maximum absolute atomic E-state index is 13.8. The normalized spacial score (nSPS) is 20.8. The number of nitrogens with zero attached hydrogens (tertiary/aromatic N) is 3. The first-order chi connectivity index (χ1) is 18.8. The molecule has 3 heterocycles. The van der Waals surface area contributed by atoms with Gasteiger partial charge >= 0.3 is 0 Å². The Labute approximate surface area is 236 Å². The number of hydrogen-bond donors (Lipinski definition) is 1. The number of carbonyl (C=O) groups is 2. The smallest absolute Gasteiger partial charge is 0.268 e. The fourth-order valence-corrected chi connectivity index (χ4v) is 6.67. The molecule has 8 nitrogen and oxygen atoms in total. The number of benzene rings is 2. The minimum absolute atomic E-state index is 0.155. The van der Waals surface area contributed by atoms with Crippen molar-refractivity contribution in [2.45, 2.75) is 63.3 Å². The van der Waals surface area contributed by atoms with Crippen molar-refractivity contribution in [2.24, 2.45) is 5.92 Å². The summed E-state index contributed by atoms with van der Waals surface area (Å²) < 4.78 is 29.0. The third-order valence-corrected chi connectivity index (χ3v) is 9.12. The van der Waals surface area contributed by atoms with E-state index in [1.165, 1.54) is 18.2 Å². The quantitative estimate of drug-likeness (QED) is 0.442. The number of para-hydroxylation sites is 1. The SMILES string of the molecule is CC(C)(C)c1ccc2c(n1)N1CC(CCN(c3ccccc3)C(=O)c3cccc(c3)S(=O)(=O)NC2=O)CC1(C)C. The lowest BCUT2D eigenvalue weighted by atomic mass is 9.91. The minimum Gasteiger partial charge on any atom is -0.351 e. The average molecular weight is 561 g/mol. The monoisotopic (exact) mass is 560 g/mol. The lowest BCUT2D eigenvalue weighted by Crippen LogP contribution is -2.41. The molecule has 1 saturated heterocycles. The first-order valence-electron chi connectivity index (χ1n) is 13.6. The number of sulfonamides is 1. The van der Waals surface area contributed by atoms with Gasteiger partial charge in [-0.2, -0.15) is 0 Å². The second-order valence-electron chi connectivity index (χ2n) is 12.4. The van der Waals surface area contributed by atoms with Crippen molar-refractivity contribution in [1.82, 2.24) is 9.71 Å². The molecule has 210 valence electrons. The number of aromatic nitrogens is 1. The van der Waals surface area contributed by atoms with Gasteiger partial charge in [0.15, 0.2) is 0 Å². The van der Waals surface area contributed by atoms with E-state index in [-0.39, 0.29) is 38.8 Å². The number of nitrogens with one attached hydrogen (secondary N) is 1. The van der Waals surface area contributed by atoms with Crippen LogP contribution in [0.5, 0.6) is 0 Å². The van der Waals surface area contributed by atoms with E-state index < -0.39 is 15.9 Å². The summed E-state index contributed by atoms with van der Waals surface area (Å²) in [7, 11) is -4.27. The number of anilines is 2. The summed E-state index contributed by atoms with van der Waals surface area (Å²) in [4.78, 5) is 36.0. The van der Waals surface area contributed by atoms with Crippen LogP contribution in [0.4, 0.5) is 11.5 Å². The lowest BCUT2D eigenvalue weighted by Gasteiger charge is -2.34. The predicted molar refractivity (Wildman–Crippen MR) is 156 cm³/mol. The number of rotatable bonds is 1. The Morgan fingerprint density at radius 3 is 2.40 bits per heavy atom. The maximum Gasteiger partial charge on any atom is 0.268 e. The van der Waals surface area contributed by atoms with Gasteiger partial charge in [0.2, 0.25) is 0 Å². The Hall–Kier alpha value is -3.72. The van der Waals surface area contributed by atoms with Gasteiger partial charge in [-0.05, 0) is 75.1 Å². The molecule has 9 heteroatoms. The zero-order chi connectivity index (χ0) is 28.9. The second kappa shape index (κ2) is 10.0. The van der Waals surface area contributed by atoms with Crippen LogP contribution in [0.15, 0.2) is 71.6 Å². The van der Waals surface area contributed by atoms with E-state index in [0.29, 0.717) is 18.9 Å². The number of amides is 2. The van der Waals surface area contributed by atoms with Crippen LogP contribution in [-0.2, 0) is 15.4 Å². The van der Waals surface area contributed by atoms with Crippen molar-refractivity contribution in [2.75, 3.05) is 22.9 Å². The Kier molecular flexibility index (Phi) is 6.98. The lowest BCUT2D eigenvalue weighted by molar-refractivity contribution is 0.0975. The zero-order valence-corrected chi connectivity index (χ0v) is 24.5. The largest absolute Gasteiger partial charge is 0.351 e. The second-order valence-corrected chi connectivity index (χ2v) is 14.0. The van der Waals surface area contributed by atoms with Gasteiger partial charge in [-0.25, -0.2) is 18.1 Å². The molecule has 1 atom stereocenters. The van der Waals surface area contributed by atoms with Crippen molar-refractivity contribution in [3.8, 4) is 0 Å². The van der Waals surface area contributed by atoms with Gasteiger partial charge in [0.05, 0.1) is 10.5 Å². The Morgan fingerprint density at radius 1 is 0.975 bits per heavy atom. The predicted octanol–water partition coefficient (Wildman–Crippen LogP) is 5.15. The molecule has 1 unspecified atom stereocenters. The molecule has 2 aromatic carbocycles. The summed E-state index contributed by atoms with van der Waals surface area (Å²) in [5.41, 5.74) is 1.39. The van der Waals surface area contributed by atoms with E-state index in [1.807, 2.05) is 30.3 Å². The molecule has 40 heavy (non-hydrogen) atoms. The van der Waals surface area contributed by atoms with Crippen molar-refractivity contribution < 1.29 is 18.0 Å². The Bertz CT molecular complexity index is 1560. The van der Waals surface area contributed by atoms with E-state index in [2.05, 4.69) is 44.2 Å². The molecular weight excluding hydrogens is 524 g/mol. The number of hydrogen-bond acceptors (Lipinski definition) is 6. The molecule has 0 saturated carbocycles. The van der Waals surface area contributed by atoms with Crippen LogP contribution in [-0.4, -0.2) is 43.8 Å². The van der Waals surface area contributed by atoms with Gasteiger partial charge in [0, 0.05) is 41.0 Å². The molecule has 0 aliphatic carbocycles. The molecule has 1 aromatic heterocycles. The molecule has 1 fully saturated rings. The standard InChI is InChI=1S/C31H36N4O4S/c1-30(2,3)26-15-14-25-27(32-26)35-20-21(19-31(35,4)5)16-17-34(23-11-7-6-8-12-23)29(37)22-10-9-13-24(18-22)40(38,39)33-28(25)36/h6-15,18,21H,16-17,19-20H2,1-5H3,(H,33,36). The van der Waals surface area contributed by atoms with Gasteiger partial charge in [0.1, 0.15) is 5.82 Å². The zero-order valence-electron chi connectivity index (χ0n) is 23.6. The highest BCUT2D eigenvalue weighted by Crippen LogP contribution is 2.40. The van der Waals surface area contributed by atoms with Gasteiger partial charge in [-0.1, -0.05) is 45.0 Å². The van der Waals surface area contributed by atoms with Crippen molar-refractivity contribution in [3.05, 3.63) is 83.6 Å². The third-order valence-electron chi connectivity index (χ3n) is 7.80. The topological polar surface area (TPSA) is 99.7 Å². The number of fused-ring (bicyclic) bond motifs is 6. The maximum atomic E-state index is 13.8. The molecule has 2 aliphatic heterocycles. The molecule has 5 rings (SSSR count). The fraction of sp³-hybridized carbons (Fsp3) is 0.387. The summed E-state index contributed by atoms with van der Waals surface area (Å²) in [6.07, 6.45) is 1.57. The summed E-state index contributed by atoms with van der Waals surface area (Å²) in [5.74, 6) is -0.337. The van der Waals surface area contributed by atoms with Crippen molar-refractivity contribution >= 4 is 33.3 Å². The molecule has 1 N–H and O–H groups in total. The summed E-state index contributed by atoms with van der Waals surface area (Å²) in [5, 5.41) is 0. The fourth-order valence-electron chi connectivity index (χ4n) is 5.66. The van der Waals surface area contributed by atoms with Crippen LogP contribution < -0.4 is 14.5 Å². The summed E-state index contributed by atoms with van der Waals surface area (Å²) in [6, 6.07) is 18.7. The first-order valence-corrected chi connectivity index (χ1v) is 15.1. The van der Waals surface area contributed by atoms with Crippen LogP contribution in [0.3, 0.4) is 0 Å². The van der Waals surface area contributed by atoms with E-state index in [4.69, 9.17) is 4.98 Å². The van der Waals surface area contributed by atoms with Crippen LogP contribution >= 0.6 is 0 Å². The van der Waals surface area contributed by atoms with Crippen LogP contribution in [0.1, 0.15) is 73.9 Å². The molecular formula is C31H36N4O4S. The van der Waals surface area contributed by atoms with Crippen LogP contribution in [0.2, 0.25) is 0 Å². The van der Waals surface area contributed by atoms with Crippen LogP contribution in [0, 0.1) is 5.92 Å². The van der Waals surface area contributed by atoms with E-state index >= 15 is 0 Å². The van der Waals surface area contributed by atoms with Gasteiger partial charge in [0.25, 0.3) is 21.8 Å². The van der Waals surface area contributed by atoms with Crippen molar-refractivity contribution in [3.63, 3.8) is 0 Å². The van der Waals surface area contributed by atoms with E-state index in [0.717, 1.165) is 24.2 Å². The average Bonchev–Trinajstić information content (AvgIpc) is 3.21. The molecule has 0 spiro atoms.